The predicted molar refractivity (Wildman–Crippen MR) is 179 cm³/mol. The second kappa shape index (κ2) is 13.0. The number of nitrogens with one attached hydrogen (secondary N) is 3. The summed E-state index contributed by atoms with van der Waals surface area (Å²) in [5.41, 5.74) is 4.71. The van der Waals surface area contributed by atoms with Gasteiger partial charge in [0.15, 0.2) is 5.69 Å². The zero-order valence-electron chi connectivity index (χ0n) is 27.9. The van der Waals surface area contributed by atoms with Crippen LogP contribution in [0.4, 0.5) is 20.6 Å². The lowest BCUT2D eigenvalue weighted by Crippen LogP contribution is -2.62. The number of amides is 4. The first-order valence-corrected chi connectivity index (χ1v) is 16.5. The third-order valence-corrected chi connectivity index (χ3v) is 9.79. The van der Waals surface area contributed by atoms with Gasteiger partial charge in [-0.1, -0.05) is 13.0 Å². The van der Waals surface area contributed by atoms with Crippen molar-refractivity contribution in [1.82, 2.24) is 30.2 Å². The van der Waals surface area contributed by atoms with Crippen LogP contribution < -0.4 is 20.9 Å². The minimum atomic E-state index is -0.552. The molecule has 1 spiro atoms. The van der Waals surface area contributed by atoms with E-state index in [1.165, 1.54) is 6.07 Å². The van der Waals surface area contributed by atoms with E-state index in [2.05, 4.69) is 27.8 Å². The Morgan fingerprint density at radius 2 is 1.79 bits per heavy atom. The highest BCUT2D eigenvalue weighted by Gasteiger charge is 2.40. The molecule has 2 aromatic carbocycles. The summed E-state index contributed by atoms with van der Waals surface area (Å²) in [5, 5.41) is 13.9. The van der Waals surface area contributed by atoms with E-state index in [-0.39, 0.29) is 47.6 Å². The number of fused-ring (bicyclic) bond motifs is 1. The van der Waals surface area contributed by atoms with Crippen molar-refractivity contribution in [2.45, 2.75) is 70.6 Å². The van der Waals surface area contributed by atoms with E-state index in [1.807, 2.05) is 42.8 Å². The molecule has 1 atom stereocenters. The van der Waals surface area contributed by atoms with Crippen molar-refractivity contribution in [3.05, 3.63) is 76.4 Å². The van der Waals surface area contributed by atoms with Crippen molar-refractivity contribution in [2.24, 2.45) is 0 Å². The predicted octanol–water partition coefficient (Wildman–Crippen LogP) is 4.72. The van der Waals surface area contributed by atoms with Crippen LogP contribution in [0.1, 0.15) is 89.7 Å². The minimum Gasteiger partial charge on any atom is -0.366 e. The molecule has 12 heteroatoms. The summed E-state index contributed by atoms with van der Waals surface area (Å²) in [7, 11) is 3.46. The van der Waals surface area contributed by atoms with E-state index in [4.69, 9.17) is 5.10 Å². The van der Waals surface area contributed by atoms with Gasteiger partial charge < -0.3 is 30.7 Å². The van der Waals surface area contributed by atoms with Gasteiger partial charge >= 0.3 is 6.03 Å². The number of halogens is 1. The lowest BCUT2D eigenvalue weighted by Gasteiger charge is -2.48. The smallest absolute Gasteiger partial charge is 0.321 e. The fourth-order valence-corrected chi connectivity index (χ4v) is 6.95. The summed E-state index contributed by atoms with van der Waals surface area (Å²) in [5.74, 6) is -0.831. The highest BCUT2D eigenvalue weighted by atomic mass is 19.1. The van der Waals surface area contributed by atoms with Crippen molar-refractivity contribution < 1.29 is 18.8 Å². The van der Waals surface area contributed by atoms with Gasteiger partial charge in [0.05, 0.1) is 5.69 Å². The van der Waals surface area contributed by atoms with Gasteiger partial charge in [-0.3, -0.25) is 14.3 Å². The number of carbonyl (C=O) groups excluding carboxylic acids is 3. The number of piperidine rings is 1. The van der Waals surface area contributed by atoms with Gasteiger partial charge in [-0.25, -0.2) is 9.18 Å². The Balaban J connectivity index is 1.12. The normalized spacial score (nSPS) is 18.5. The lowest BCUT2D eigenvalue weighted by atomic mass is 9.79. The van der Waals surface area contributed by atoms with Gasteiger partial charge in [-0.2, -0.15) is 5.10 Å². The van der Waals surface area contributed by atoms with Crippen LogP contribution in [0.25, 0.3) is 0 Å². The highest BCUT2D eigenvalue weighted by Crippen LogP contribution is 2.35. The van der Waals surface area contributed by atoms with Crippen molar-refractivity contribution in [2.75, 3.05) is 50.5 Å². The average molecular weight is 645 g/mol. The van der Waals surface area contributed by atoms with E-state index in [9.17, 15) is 14.4 Å². The first kappa shape index (κ1) is 32.5. The molecule has 4 heterocycles. The maximum absolute atomic E-state index is 15.1. The van der Waals surface area contributed by atoms with E-state index in [0.717, 1.165) is 49.3 Å². The van der Waals surface area contributed by atoms with Crippen LogP contribution in [-0.4, -0.2) is 83.2 Å². The summed E-state index contributed by atoms with van der Waals surface area (Å²) in [6.07, 6.45) is 2.96. The molecule has 0 unspecified atom stereocenters. The Morgan fingerprint density at radius 3 is 2.38 bits per heavy atom. The minimum absolute atomic E-state index is 0.0563. The van der Waals surface area contributed by atoms with Gasteiger partial charge in [-0.05, 0) is 81.6 Å². The number of hydrogen-bond donors (Lipinski definition) is 3. The van der Waals surface area contributed by atoms with Gasteiger partial charge in [0.25, 0.3) is 11.8 Å². The van der Waals surface area contributed by atoms with E-state index >= 15 is 4.39 Å². The maximum Gasteiger partial charge on any atom is 0.321 e. The zero-order valence-corrected chi connectivity index (χ0v) is 27.9. The molecule has 3 aliphatic rings. The molecule has 250 valence electrons. The topological polar surface area (TPSA) is 115 Å². The van der Waals surface area contributed by atoms with Crippen LogP contribution in [0.5, 0.6) is 0 Å². The lowest BCUT2D eigenvalue weighted by molar-refractivity contribution is 0.0827. The molecule has 3 aromatic rings. The number of likely N-dealkylation sites (tertiary alicyclic amines) is 1. The first-order chi connectivity index (χ1) is 22.4. The molecule has 11 nitrogen and oxygen atoms in total. The molecule has 2 fully saturated rings. The third-order valence-electron chi connectivity index (χ3n) is 9.79. The summed E-state index contributed by atoms with van der Waals surface area (Å²) >= 11 is 0. The number of anilines is 2. The van der Waals surface area contributed by atoms with Crippen molar-refractivity contribution in [3.8, 4) is 0 Å². The Morgan fingerprint density at radius 1 is 1.09 bits per heavy atom. The molecular formula is C35H45FN8O3. The number of carbonyl (C=O) groups is 3. The summed E-state index contributed by atoms with van der Waals surface area (Å²) in [6.45, 7) is 9.88. The number of hydrogen-bond acceptors (Lipinski definition) is 6. The second-order valence-corrected chi connectivity index (χ2v) is 13.6. The Hall–Kier alpha value is -4.45. The molecule has 2 saturated heterocycles. The molecule has 3 N–H and O–H groups in total. The number of aromatic nitrogens is 2. The molecule has 0 saturated carbocycles. The fourth-order valence-electron chi connectivity index (χ4n) is 6.95. The van der Waals surface area contributed by atoms with E-state index < -0.39 is 5.82 Å². The first-order valence-electron chi connectivity index (χ1n) is 16.5. The fraction of sp³-hybridized carbons (Fsp3) is 0.486. The van der Waals surface area contributed by atoms with Gasteiger partial charge in [0.2, 0.25) is 0 Å². The summed E-state index contributed by atoms with van der Waals surface area (Å²) in [6, 6.07) is 11.9. The second-order valence-electron chi connectivity index (χ2n) is 13.6. The Labute approximate surface area is 275 Å². The van der Waals surface area contributed by atoms with E-state index in [0.29, 0.717) is 36.5 Å². The van der Waals surface area contributed by atoms with Gasteiger partial charge in [0.1, 0.15) is 5.82 Å². The van der Waals surface area contributed by atoms with Crippen molar-refractivity contribution in [1.29, 1.82) is 0 Å². The molecule has 1 aromatic heterocycles. The van der Waals surface area contributed by atoms with Gasteiger partial charge in [-0.15, -0.1) is 0 Å². The third kappa shape index (κ3) is 6.56. The van der Waals surface area contributed by atoms with Crippen LogP contribution in [-0.2, 0) is 13.1 Å². The molecular weight excluding hydrogens is 599 g/mol. The van der Waals surface area contributed by atoms with Crippen molar-refractivity contribution in [3.63, 3.8) is 0 Å². The molecule has 3 aliphatic heterocycles. The average Bonchev–Trinajstić information content (AvgIpc) is 3.44. The molecule has 6 rings (SSSR count). The number of rotatable bonds is 7. The Bertz CT molecular complexity index is 1650. The number of benzene rings is 2. The van der Waals surface area contributed by atoms with E-state index in [1.54, 1.807) is 36.0 Å². The van der Waals surface area contributed by atoms with Gasteiger partial charge in [0, 0.05) is 86.8 Å². The van der Waals surface area contributed by atoms with Crippen LogP contribution in [0.3, 0.4) is 0 Å². The van der Waals surface area contributed by atoms with Crippen LogP contribution in [0.15, 0.2) is 42.5 Å². The maximum atomic E-state index is 15.1. The molecule has 0 radical (unpaired) electrons. The Kier molecular flexibility index (Phi) is 8.97. The molecule has 4 amide bonds. The molecule has 0 aliphatic carbocycles. The standard InChI is InChI=1S/C35H45FN8O3/c1-22(2)44-31-23(3)20-43(26-9-7-25(8-10-26)33(46)41(4)5)21-27(31)30(40-44)32(45)37-19-24-6-11-29(28(36)18-24)39-34(47)42-16-13-35(14-17-42)12-15-38-35/h6-11,18,22-23,38H,12-17,19-21H2,1-5H3,(H,37,45)(H,39,47)/t23-/m0/s1. The van der Waals surface area contributed by atoms with Crippen LogP contribution in [0.2, 0.25) is 0 Å². The van der Waals surface area contributed by atoms with Crippen LogP contribution in [0, 0.1) is 5.82 Å². The van der Waals surface area contributed by atoms with Crippen LogP contribution >= 0.6 is 0 Å². The largest absolute Gasteiger partial charge is 0.366 e. The SMILES string of the molecule is CC(C)n1nc(C(=O)NCc2ccc(NC(=O)N3CCC4(CCN4)CC3)c(F)c2)c2c1[C@@H](C)CN(c1ccc(C(=O)N(C)C)cc1)C2. The number of urea groups is 1. The molecule has 0 bridgehead atoms. The molecule has 47 heavy (non-hydrogen) atoms. The highest BCUT2D eigenvalue weighted by molar-refractivity contribution is 5.95. The zero-order chi connectivity index (χ0) is 33.5. The number of nitrogens with zero attached hydrogens (tertiary/aromatic N) is 5. The quantitative estimate of drug-likeness (QED) is 0.343. The monoisotopic (exact) mass is 644 g/mol. The summed E-state index contributed by atoms with van der Waals surface area (Å²) in [4.78, 5) is 44.3. The summed E-state index contributed by atoms with van der Waals surface area (Å²) < 4.78 is 17.0. The van der Waals surface area contributed by atoms with Crippen molar-refractivity contribution >= 4 is 29.2 Å².